The lowest BCUT2D eigenvalue weighted by atomic mass is 9.78. The van der Waals surface area contributed by atoms with Gasteiger partial charge in [-0.05, 0) is 240 Å². The molecule has 0 saturated carbocycles. The largest absolute Gasteiger partial charge is 0.496 e. The molecule has 3 aliphatic carbocycles. The van der Waals surface area contributed by atoms with Crippen molar-refractivity contribution in [1.29, 1.82) is 0 Å². The van der Waals surface area contributed by atoms with Crippen LogP contribution in [0.1, 0.15) is 74.9 Å². The molecule has 0 saturated heterocycles. The number of hydrogen-bond acceptors (Lipinski definition) is 1. The monoisotopic (exact) mass is 1290 g/mol. The molecule has 17 aromatic rings. The third kappa shape index (κ3) is 8.51. The highest BCUT2D eigenvalue weighted by atomic mass is 16.5. The molecular formula is C100H72O. The number of hydrogen-bond donors (Lipinski definition) is 0. The van der Waals surface area contributed by atoms with Crippen molar-refractivity contribution in [3.8, 4) is 117 Å². The van der Waals surface area contributed by atoms with Gasteiger partial charge in [-0.25, -0.2) is 0 Å². The van der Waals surface area contributed by atoms with Crippen LogP contribution in [0, 0.1) is 0 Å². The molecule has 17 aromatic carbocycles. The summed E-state index contributed by atoms with van der Waals surface area (Å²) in [6.07, 6.45) is 0. The molecule has 0 bridgehead atoms. The highest BCUT2D eigenvalue weighted by molar-refractivity contribution is 6.30. The Hall–Kier alpha value is -11.9. The van der Waals surface area contributed by atoms with Crippen LogP contribution in [-0.4, -0.2) is 7.11 Å². The second kappa shape index (κ2) is 21.8. The van der Waals surface area contributed by atoms with Crippen LogP contribution in [0.25, 0.3) is 176 Å². The summed E-state index contributed by atoms with van der Waals surface area (Å²) >= 11 is 0. The summed E-state index contributed by atoms with van der Waals surface area (Å²) in [5.74, 6) is 0.861. The van der Waals surface area contributed by atoms with Crippen molar-refractivity contribution < 1.29 is 4.74 Å². The van der Waals surface area contributed by atoms with Gasteiger partial charge in [-0.3, -0.25) is 0 Å². The molecule has 0 aromatic heterocycles. The van der Waals surface area contributed by atoms with Crippen molar-refractivity contribution in [3.63, 3.8) is 0 Å². The molecule has 0 radical (unpaired) electrons. The third-order valence-electron chi connectivity index (χ3n) is 23.8. The Bertz CT molecular complexity index is 6280. The van der Waals surface area contributed by atoms with Gasteiger partial charge < -0.3 is 4.74 Å². The topological polar surface area (TPSA) is 9.23 Å². The Kier molecular flexibility index (Phi) is 12.8. The molecule has 0 spiro atoms. The van der Waals surface area contributed by atoms with E-state index in [9.17, 15) is 0 Å². The Labute approximate surface area is 590 Å². The quantitative estimate of drug-likeness (QED) is 0.138. The smallest absolute Gasteiger partial charge is 0.127 e. The zero-order valence-corrected chi connectivity index (χ0v) is 57.9. The maximum Gasteiger partial charge on any atom is 0.127 e. The van der Waals surface area contributed by atoms with Crippen LogP contribution >= 0.6 is 0 Å². The van der Waals surface area contributed by atoms with Crippen molar-refractivity contribution in [2.24, 2.45) is 0 Å². The lowest BCUT2D eigenvalue weighted by molar-refractivity contribution is 0.416. The SMILES string of the molecule is COc1cc(-c2c3ccccc3c(-c3ccc4c(c3)C(C)(C)c3cc(-c5ccc6c(c5)C(C)(C)c5cc(-c7c8ccccc8c(-c8c9ccccc9c(-c9ccc%10c(c9)C(C)(C)c9ccccc9-%10)c9ccccc89)c8ccccc78)ccc5-6)ccc3-4)c3ccccc23)ccc1-c1ccccc1. The molecular weight excluding hydrogens is 1220 g/mol. The first-order valence-electron chi connectivity index (χ1n) is 35.7. The molecule has 0 heterocycles. The molecule has 3 aliphatic rings. The highest BCUT2D eigenvalue weighted by Crippen LogP contribution is 2.58. The summed E-state index contributed by atoms with van der Waals surface area (Å²) in [5.41, 5.74) is 32.7. The van der Waals surface area contributed by atoms with Crippen molar-refractivity contribution in [2.45, 2.75) is 57.8 Å². The van der Waals surface area contributed by atoms with Crippen LogP contribution in [0.15, 0.2) is 309 Å². The average molecular weight is 1290 g/mol. The molecule has 1 heteroatoms. The normalized spacial score (nSPS) is 14.1. The Balaban J connectivity index is 0.656. The average Bonchev–Trinajstić information content (AvgIpc) is 1.70. The fraction of sp³-hybridized carbons (Fsp3) is 0.100. The van der Waals surface area contributed by atoms with Crippen LogP contribution < -0.4 is 4.74 Å². The number of benzene rings is 17. The van der Waals surface area contributed by atoms with Crippen LogP contribution in [-0.2, 0) is 16.2 Å². The summed E-state index contributed by atoms with van der Waals surface area (Å²) in [4.78, 5) is 0. The van der Waals surface area contributed by atoms with Gasteiger partial charge in [0.2, 0.25) is 0 Å². The van der Waals surface area contributed by atoms with E-state index in [1.165, 1.54) is 193 Å². The first kappa shape index (κ1) is 59.2. The minimum absolute atomic E-state index is 0.111. The Morgan fingerprint density at radius 1 is 0.178 bits per heavy atom. The number of fused-ring (bicyclic) bond motifs is 15. The zero-order chi connectivity index (χ0) is 67.8. The van der Waals surface area contributed by atoms with Crippen LogP contribution in [0.3, 0.4) is 0 Å². The van der Waals surface area contributed by atoms with Gasteiger partial charge in [0, 0.05) is 21.8 Å². The lowest BCUT2D eigenvalue weighted by Gasteiger charge is -2.25. The number of rotatable bonds is 8. The second-order valence-electron chi connectivity index (χ2n) is 30.0. The van der Waals surface area contributed by atoms with Gasteiger partial charge in [-0.15, -0.1) is 0 Å². The van der Waals surface area contributed by atoms with Crippen molar-refractivity contribution in [3.05, 3.63) is 343 Å². The van der Waals surface area contributed by atoms with E-state index < -0.39 is 0 Å². The molecule has 0 unspecified atom stereocenters. The third-order valence-corrected chi connectivity index (χ3v) is 23.8. The molecule has 1 nitrogen and oxygen atoms in total. The van der Waals surface area contributed by atoms with Gasteiger partial charge in [0.05, 0.1) is 7.11 Å². The van der Waals surface area contributed by atoms with Gasteiger partial charge >= 0.3 is 0 Å². The predicted octanol–water partition coefficient (Wildman–Crippen LogP) is 27.2. The Morgan fingerprint density at radius 3 is 0.723 bits per heavy atom. The number of methoxy groups -OCH3 is 1. The van der Waals surface area contributed by atoms with E-state index >= 15 is 0 Å². The van der Waals surface area contributed by atoms with E-state index in [4.69, 9.17) is 4.74 Å². The van der Waals surface area contributed by atoms with E-state index in [1.54, 1.807) is 7.11 Å². The molecule has 0 N–H and O–H groups in total. The summed E-state index contributed by atoms with van der Waals surface area (Å²) in [6.45, 7) is 14.5. The van der Waals surface area contributed by atoms with Crippen LogP contribution in [0.4, 0.5) is 0 Å². The predicted molar refractivity (Wildman–Crippen MR) is 429 cm³/mol. The van der Waals surface area contributed by atoms with E-state index in [0.717, 1.165) is 22.4 Å². The highest BCUT2D eigenvalue weighted by Gasteiger charge is 2.40. The molecule has 478 valence electrons. The molecule has 20 rings (SSSR count). The van der Waals surface area contributed by atoms with Gasteiger partial charge in [-0.2, -0.15) is 0 Å². The molecule has 0 fully saturated rings. The molecule has 0 atom stereocenters. The molecule has 101 heavy (non-hydrogen) atoms. The van der Waals surface area contributed by atoms with Crippen LogP contribution in [0.2, 0.25) is 0 Å². The van der Waals surface area contributed by atoms with E-state index in [2.05, 4.69) is 351 Å². The van der Waals surface area contributed by atoms with Gasteiger partial charge in [-0.1, -0.05) is 315 Å². The first-order valence-corrected chi connectivity index (χ1v) is 35.7. The maximum absolute atomic E-state index is 6.12. The summed E-state index contributed by atoms with van der Waals surface area (Å²) < 4.78 is 6.12. The first-order chi connectivity index (χ1) is 49.3. The number of ether oxygens (including phenoxy) is 1. The minimum Gasteiger partial charge on any atom is -0.496 e. The summed E-state index contributed by atoms with van der Waals surface area (Å²) in [7, 11) is 1.78. The van der Waals surface area contributed by atoms with Crippen molar-refractivity contribution in [2.75, 3.05) is 7.11 Å². The van der Waals surface area contributed by atoms with Crippen LogP contribution in [0.5, 0.6) is 5.75 Å². The second-order valence-corrected chi connectivity index (χ2v) is 30.0. The maximum atomic E-state index is 6.12. The Morgan fingerprint density at radius 2 is 0.406 bits per heavy atom. The summed E-state index contributed by atoms with van der Waals surface area (Å²) in [6, 6.07) is 117. The van der Waals surface area contributed by atoms with Gasteiger partial charge in [0.25, 0.3) is 0 Å². The van der Waals surface area contributed by atoms with E-state index in [-0.39, 0.29) is 16.2 Å². The van der Waals surface area contributed by atoms with Gasteiger partial charge in [0.15, 0.2) is 0 Å². The van der Waals surface area contributed by atoms with E-state index in [0.29, 0.717) is 0 Å². The standard InChI is InChI=1S/C100H72O/c1-98(2)85-40-24-23-27-67(85)68-50-44-62(55-88(68)98)93-77-32-15-19-36-81(77)96(82-37-20-16-33-78(82)93)97-83-38-21-17-34-79(83)94(80-35-18-22-39-84(80)97)64-46-52-72-70-49-42-61(54-87(70)100(5,6)90(72)57-64)60-41-48-69-71-51-45-63(56-89(71)99(3,4)86(69)53-60)92-73-28-11-13-30-75(73)95(76-31-14-12-29-74(76)92)65-43-47-66(91(58-65)101-7)59-25-9-8-10-26-59/h8-58H,1-7H3. The fourth-order valence-corrected chi connectivity index (χ4v) is 18.9. The minimum atomic E-state index is -0.268. The van der Waals surface area contributed by atoms with Crippen molar-refractivity contribution >= 4 is 64.6 Å². The van der Waals surface area contributed by atoms with E-state index in [1.807, 2.05) is 0 Å². The van der Waals surface area contributed by atoms with Gasteiger partial charge in [0.1, 0.15) is 5.75 Å². The lowest BCUT2D eigenvalue weighted by Crippen LogP contribution is -2.15. The molecule has 0 aliphatic heterocycles. The summed E-state index contributed by atoms with van der Waals surface area (Å²) in [5, 5.41) is 15.0. The molecule has 0 amide bonds. The zero-order valence-electron chi connectivity index (χ0n) is 57.9. The fourth-order valence-electron chi connectivity index (χ4n) is 18.9. The van der Waals surface area contributed by atoms with Crippen molar-refractivity contribution in [1.82, 2.24) is 0 Å².